The normalized spacial score (nSPS) is 21.9. The van der Waals surface area contributed by atoms with E-state index in [1.807, 2.05) is 18.2 Å². The molecule has 0 radical (unpaired) electrons. The number of likely N-dealkylation sites (tertiary alicyclic amines) is 1. The van der Waals surface area contributed by atoms with Gasteiger partial charge in [0.25, 0.3) is 0 Å². The molecule has 2 aromatic carbocycles. The zero-order valence-corrected chi connectivity index (χ0v) is 19.9. The molecule has 5 rings (SSSR count). The van der Waals surface area contributed by atoms with E-state index >= 15 is 0 Å². The Kier molecular flexibility index (Phi) is 6.92. The molecule has 2 N–H and O–H groups in total. The van der Waals surface area contributed by atoms with Gasteiger partial charge in [-0.25, -0.2) is 0 Å². The number of carbonyl (C=O) groups is 1. The Balaban J connectivity index is 1.34. The Morgan fingerprint density at radius 2 is 1.76 bits per heavy atom. The Morgan fingerprint density at radius 3 is 2.53 bits per heavy atom. The molecule has 2 fully saturated rings. The Bertz CT molecular complexity index is 990. The van der Waals surface area contributed by atoms with Crippen LogP contribution in [0.5, 0.6) is 11.5 Å². The van der Waals surface area contributed by atoms with Crippen molar-refractivity contribution in [2.75, 3.05) is 44.3 Å². The minimum atomic E-state index is -0.838. The molecule has 182 valence electrons. The lowest BCUT2D eigenvalue weighted by molar-refractivity contribution is -0.124. The van der Waals surface area contributed by atoms with Gasteiger partial charge in [-0.1, -0.05) is 23.8 Å². The molecule has 2 saturated heterocycles. The first-order chi connectivity index (χ1) is 16.6. The molecule has 0 unspecified atom stereocenters. The van der Waals surface area contributed by atoms with Crippen LogP contribution in [0.2, 0.25) is 0 Å². The molecular formula is C27H35N3O4. The Hall–Kier alpha value is -2.77. The van der Waals surface area contributed by atoms with Crippen LogP contribution in [0.3, 0.4) is 0 Å². The second-order valence-electron chi connectivity index (χ2n) is 9.66. The highest BCUT2D eigenvalue weighted by Gasteiger charge is 2.34. The van der Waals surface area contributed by atoms with E-state index in [0.717, 1.165) is 56.6 Å². The van der Waals surface area contributed by atoms with Crippen molar-refractivity contribution in [1.29, 1.82) is 0 Å². The summed E-state index contributed by atoms with van der Waals surface area (Å²) in [6.07, 6.45) is 3.27. The monoisotopic (exact) mass is 465 g/mol. The molecule has 34 heavy (non-hydrogen) atoms. The van der Waals surface area contributed by atoms with Gasteiger partial charge in [-0.05, 0) is 75.5 Å². The number of rotatable bonds is 7. The largest absolute Gasteiger partial charge is 0.486 e. The molecule has 7 heteroatoms. The lowest BCUT2D eigenvalue weighted by atomic mass is 10.00. The van der Waals surface area contributed by atoms with Crippen molar-refractivity contribution in [3.05, 3.63) is 53.6 Å². The standard InChI is InChI=1S/C27H35N3O4/c1-19-6-9-21(10-7-19)30-14-4-5-23(30)27(32)28-22(18-29-12-2-3-13-29)26(31)20-8-11-24-25(17-20)34-16-15-33-24/h6-11,17,22-23,26,31H,2-5,12-16,18H2,1H3,(H,28,32)/t22-,23-,26-/m1/s1. The zero-order chi connectivity index (χ0) is 23.5. The van der Waals surface area contributed by atoms with Crippen molar-refractivity contribution >= 4 is 11.6 Å². The highest BCUT2D eigenvalue weighted by Crippen LogP contribution is 2.34. The van der Waals surface area contributed by atoms with E-state index in [1.54, 1.807) is 0 Å². The fourth-order valence-corrected chi connectivity index (χ4v) is 5.31. The van der Waals surface area contributed by atoms with Gasteiger partial charge in [0.2, 0.25) is 5.91 Å². The van der Waals surface area contributed by atoms with Crippen LogP contribution in [-0.2, 0) is 4.79 Å². The van der Waals surface area contributed by atoms with Gasteiger partial charge < -0.3 is 29.7 Å². The number of aliphatic hydroxyl groups is 1. The average Bonchev–Trinajstić information content (AvgIpc) is 3.56. The highest BCUT2D eigenvalue weighted by molar-refractivity contribution is 5.86. The van der Waals surface area contributed by atoms with Gasteiger partial charge in [0.05, 0.1) is 6.04 Å². The molecule has 0 aliphatic carbocycles. The molecule has 0 aromatic heterocycles. The van der Waals surface area contributed by atoms with Crippen LogP contribution < -0.4 is 19.7 Å². The van der Waals surface area contributed by atoms with Gasteiger partial charge in [-0.15, -0.1) is 0 Å². The fraction of sp³-hybridized carbons (Fsp3) is 0.519. The van der Waals surface area contributed by atoms with Gasteiger partial charge >= 0.3 is 0 Å². The maximum Gasteiger partial charge on any atom is 0.243 e. The number of hydrogen-bond donors (Lipinski definition) is 2. The second-order valence-corrected chi connectivity index (χ2v) is 9.66. The van der Waals surface area contributed by atoms with E-state index in [1.165, 1.54) is 5.56 Å². The first kappa shape index (κ1) is 23.0. The molecule has 7 nitrogen and oxygen atoms in total. The Morgan fingerprint density at radius 1 is 1.03 bits per heavy atom. The second kappa shape index (κ2) is 10.2. The minimum Gasteiger partial charge on any atom is -0.486 e. The number of hydrogen-bond acceptors (Lipinski definition) is 6. The number of nitrogens with zero attached hydrogens (tertiary/aromatic N) is 2. The summed E-state index contributed by atoms with van der Waals surface area (Å²) >= 11 is 0. The molecule has 0 spiro atoms. The van der Waals surface area contributed by atoms with Crippen LogP contribution in [0.4, 0.5) is 5.69 Å². The molecule has 0 saturated carbocycles. The van der Waals surface area contributed by atoms with Crippen LogP contribution in [0.25, 0.3) is 0 Å². The summed E-state index contributed by atoms with van der Waals surface area (Å²) in [5.41, 5.74) is 3.01. The summed E-state index contributed by atoms with van der Waals surface area (Å²) in [6.45, 7) is 6.58. The zero-order valence-electron chi connectivity index (χ0n) is 19.9. The van der Waals surface area contributed by atoms with Gasteiger partial charge in [0.15, 0.2) is 11.5 Å². The number of fused-ring (bicyclic) bond motifs is 1. The predicted octanol–water partition coefficient (Wildman–Crippen LogP) is 3.05. The van der Waals surface area contributed by atoms with Crippen LogP contribution >= 0.6 is 0 Å². The summed E-state index contributed by atoms with van der Waals surface area (Å²) in [4.78, 5) is 18.0. The third kappa shape index (κ3) is 5.00. The summed E-state index contributed by atoms with van der Waals surface area (Å²) in [5.74, 6) is 1.33. The van der Waals surface area contributed by atoms with E-state index < -0.39 is 12.1 Å². The number of carbonyl (C=O) groups excluding carboxylic acids is 1. The smallest absolute Gasteiger partial charge is 0.243 e. The predicted molar refractivity (Wildman–Crippen MR) is 132 cm³/mol. The molecule has 1 amide bonds. The van der Waals surface area contributed by atoms with E-state index in [0.29, 0.717) is 31.3 Å². The molecule has 3 heterocycles. The van der Waals surface area contributed by atoms with Crippen molar-refractivity contribution in [3.8, 4) is 11.5 Å². The summed E-state index contributed by atoms with van der Waals surface area (Å²) in [7, 11) is 0. The van der Waals surface area contributed by atoms with Crippen molar-refractivity contribution in [1.82, 2.24) is 10.2 Å². The SMILES string of the molecule is Cc1ccc(N2CCC[C@@H]2C(=O)N[C@H](CN2CCCC2)[C@H](O)c2ccc3c(c2)OCCO3)cc1. The quantitative estimate of drug-likeness (QED) is 0.655. The number of amides is 1. The summed E-state index contributed by atoms with van der Waals surface area (Å²) < 4.78 is 11.4. The van der Waals surface area contributed by atoms with Gasteiger partial charge in [-0.3, -0.25) is 4.79 Å². The van der Waals surface area contributed by atoms with Gasteiger partial charge in [0, 0.05) is 18.8 Å². The number of aryl methyl sites for hydroxylation is 1. The fourth-order valence-electron chi connectivity index (χ4n) is 5.31. The van der Waals surface area contributed by atoms with Crippen LogP contribution in [0, 0.1) is 6.92 Å². The lowest BCUT2D eigenvalue weighted by Crippen LogP contribution is -2.52. The van der Waals surface area contributed by atoms with Crippen molar-refractivity contribution in [2.24, 2.45) is 0 Å². The molecule has 3 atom stereocenters. The van der Waals surface area contributed by atoms with Crippen LogP contribution in [-0.4, -0.2) is 67.4 Å². The number of anilines is 1. The highest BCUT2D eigenvalue weighted by atomic mass is 16.6. The van der Waals surface area contributed by atoms with Gasteiger partial charge in [-0.2, -0.15) is 0 Å². The molecule has 2 aromatic rings. The third-order valence-electron chi connectivity index (χ3n) is 7.19. The maximum atomic E-state index is 13.5. The van der Waals surface area contributed by atoms with Crippen molar-refractivity contribution < 1.29 is 19.4 Å². The van der Waals surface area contributed by atoms with Crippen LogP contribution in [0.15, 0.2) is 42.5 Å². The van der Waals surface area contributed by atoms with Crippen LogP contribution in [0.1, 0.15) is 42.9 Å². The van der Waals surface area contributed by atoms with E-state index in [-0.39, 0.29) is 11.9 Å². The molecule has 0 bridgehead atoms. The summed E-state index contributed by atoms with van der Waals surface area (Å²) in [6, 6.07) is 13.3. The first-order valence-electron chi connectivity index (χ1n) is 12.5. The van der Waals surface area contributed by atoms with Crippen molar-refractivity contribution in [2.45, 2.75) is 50.8 Å². The number of aliphatic hydroxyl groups excluding tert-OH is 1. The lowest BCUT2D eigenvalue weighted by Gasteiger charge is -2.32. The average molecular weight is 466 g/mol. The van der Waals surface area contributed by atoms with E-state index in [2.05, 4.69) is 46.3 Å². The molecular weight excluding hydrogens is 430 g/mol. The van der Waals surface area contributed by atoms with E-state index in [4.69, 9.17) is 9.47 Å². The first-order valence-corrected chi connectivity index (χ1v) is 12.5. The minimum absolute atomic E-state index is 0.0149. The Labute approximate surface area is 201 Å². The topological polar surface area (TPSA) is 74.3 Å². The number of ether oxygens (including phenoxy) is 2. The van der Waals surface area contributed by atoms with Gasteiger partial charge in [0.1, 0.15) is 25.4 Å². The molecule has 3 aliphatic heterocycles. The summed E-state index contributed by atoms with van der Waals surface area (Å²) in [5, 5.41) is 14.6. The maximum absolute atomic E-state index is 13.5. The number of nitrogens with one attached hydrogen (secondary N) is 1. The molecule has 3 aliphatic rings. The van der Waals surface area contributed by atoms with Crippen molar-refractivity contribution in [3.63, 3.8) is 0 Å². The third-order valence-corrected chi connectivity index (χ3v) is 7.19. The van der Waals surface area contributed by atoms with E-state index in [9.17, 15) is 9.90 Å². The number of benzene rings is 2.